The van der Waals surface area contributed by atoms with E-state index in [9.17, 15) is 14.4 Å². The molecule has 1 unspecified atom stereocenters. The molecule has 0 aromatic carbocycles. The summed E-state index contributed by atoms with van der Waals surface area (Å²) in [7, 11) is 3.25. The van der Waals surface area contributed by atoms with E-state index in [1.54, 1.807) is 14.1 Å². The number of hydrogen-bond acceptors (Lipinski definition) is 7. The molecular formula is C12H16N6O4S. The van der Waals surface area contributed by atoms with Gasteiger partial charge in [-0.25, -0.2) is 4.79 Å². The molecule has 0 bridgehead atoms. The third-order valence-corrected chi connectivity index (χ3v) is 3.32. The highest BCUT2D eigenvalue weighted by molar-refractivity contribution is 7.71. The first-order valence-electron chi connectivity index (χ1n) is 6.58. The Balaban J connectivity index is 2.15. The van der Waals surface area contributed by atoms with Gasteiger partial charge in [0.15, 0.2) is 4.77 Å². The summed E-state index contributed by atoms with van der Waals surface area (Å²) in [6, 6.07) is 0. The number of rotatable bonds is 6. The van der Waals surface area contributed by atoms with Crippen molar-refractivity contribution in [3.63, 3.8) is 0 Å². The minimum absolute atomic E-state index is 0.0818. The molecular weight excluding hydrogens is 324 g/mol. The highest BCUT2D eigenvalue weighted by Crippen LogP contribution is 2.12. The fourth-order valence-corrected chi connectivity index (χ4v) is 2.10. The van der Waals surface area contributed by atoms with Crippen LogP contribution in [0.2, 0.25) is 0 Å². The molecule has 2 aromatic heterocycles. The summed E-state index contributed by atoms with van der Waals surface area (Å²) in [6.07, 6.45) is 2.18. The van der Waals surface area contributed by atoms with Crippen LogP contribution < -0.4 is 22.1 Å². The van der Waals surface area contributed by atoms with Gasteiger partial charge in [-0.3, -0.25) is 29.7 Å². The van der Waals surface area contributed by atoms with Gasteiger partial charge in [0.25, 0.3) is 11.1 Å². The molecule has 23 heavy (non-hydrogen) atoms. The van der Waals surface area contributed by atoms with Crippen LogP contribution in [0, 0.1) is 4.77 Å². The standard InChI is InChI=1S/C12H16N6O4S/c1-13-8(7-4-15-12(23)17-10(7)20)18(2)22-5-6-3-14-11(21)16-9(6)19/h3-4,8,13H,5H2,1-2H3,(H2,14,16,19,21)(H2,15,17,20,23). The zero-order chi connectivity index (χ0) is 17.0. The van der Waals surface area contributed by atoms with Crippen molar-refractivity contribution in [2.75, 3.05) is 14.1 Å². The van der Waals surface area contributed by atoms with Crippen LogP contribution in [0.15, 0.2) is 26.8 Å². The summed E-state index contributed by atoms with van der Waals surface area (Å²) in [6.45, 7) is -0.0818. The Morgan fingerprint density at radius 1 is 1.22 bits per heavy atom. The first-order valence-corrected chi connectivity index (χ1v) is 6.99. The maximum Gasteiger partial charge on any atom is 0.325 e. The predicted octanol–water partition coefficient (Wildman–Crippen LogP) is -0.909. The normalized spacial score (nSPS) is 12.5. The van der Waals surface area contributed by atoms with E-state index in [2.05, 4.69) is 25.3 Å². The fraction of sp³-hybridized carbons (Fsp3) is 0.333. The van der Waals surface area contributed by atoms with Crippen LogP contribution in [0.4, 0.5) is 0 Å². The quantitative estimate of drug-likeness (QED) is 0.261. The molecule has 0 saturated heterocycles. The van der Waals surface area contributed by atoms with Crippen LogP contribution in [0.3, 0.4) is 0 Å². The Hall–Kier alpha value is -2.34. The number of aromatic amines is 4. The Morgan fingerprint density at radius 3 is 2.57 bits per heavy atom. The first-order chi connectivity index (χ1) is 10.9. The van der Waals surface area contributed by atoms with Gasteiger partial charge in [-0.15, -0.1) is 0 Å². The van der Waals surface area contributed by atoms with Crippen molar-refractivity contribution >= 4 is 12.2 Å². The summed E-state index contributed by atoms with van der Waals surface area (Å²) in [5.74, 6) is 0. The highest BCUT2D eigenvalue weighted by Gasteiger charge is 2.19. The second-order valence-corrected chi connectivity index (χ2v) is 5.04. The Morgan fingerprint density at radius 2 is 1.96 bits per heavy atom. The zero-order valence-electron chi connectivity index (χ0n) is 12.4. The molecule has 0 aliphatic heterocycles. The summed E-state index contributed by atoms with van der Waals surface area (Å²) >= 11 is 4.84. The molecule has 0 spiro atoms. The van der Waals surface area contributed by atoms with Crippen molar-refractivity contribution < 1.29 is 4.84 Å². The molecule has 0 fully saturated rings. The number of aromatic nitrogens is 4. The van der Waals surface area contributed by atoms with Gasteiger partial charge >= 0.3 is 5.69 Å². The number of hydroxylamine groups is 2. The summed E-state index contributed by atoms with van der Waals surface area (Å²) in [4.78, 5) is 49.7. The van der Waals surface area contributed by atoms with E-state index in [-0.39, 0.29) is 22.5 Å². The van der Waals surface area contributed by atoms with Crippen LogP contribution in [0.5, 0.6) is 0 Å². The van der Waals surface area contributed by atoms with E-state index < -0.39 is 17.4 Å². The lowest BCUT2D eigenvalue weighted by atomic mass is 10.2. The Kier molecular flexibility index (Phi) is 5.39. The van der Waals surface area contributed by atoms with Crippen LogP contribution in [0.25, 0.3) is 0 Å². The van der Waals surface area contributed by atoms with Crippen molar-refractivity contribution in [2.45, 2.75) is 12.8 Å². The molecule has 2 aromatic rings. The van der Waals surface area contributed by atoms with E-state index in [4.69, 9.17) is 17.1 Å². The van der Waals surface area contributed by atoms with E-state index in [1.165, 1.54) is 17.5 Å². The van der Waals surface area contributed by atoms with Crippen molar-refractivity contribution in [3.05, 3.63) is 59.5 Å². The lowest BCUT2D eigenvalue weighted by molar-refractivity contribution is -0.186. The van der Waals surface area contributed by atoms with Gasteiger partial charge in [0.1, 0.15) is 12.8 Å². The maximum atomic E-state index is 12.0. The van der Waals surface area contributed by atoms with Crippen LogP contribution in [0.1, 0.15) is 17.3 Å². The first kappa shape index (κ1) is 17.0. The molecule has 0 radical (unpaired) electrons. The number of nitrogens with zero attached hydrogens (tertiary/aromatic N) is 1. The minimum Gasteiger partial charge on any atom is -0.338 e. The topological polar surface area (TPSA) is 139 Å². The molecule has 11 heteroatoms. The summed E-state index contributed by atoms with van der Waals surface area (Å²) in [5, 5.41) is 4.30. The predicted molar refractivity (Wildman–Crippen MR) is 84.3 cm³/mol. The molecule has 2 heterocycles. The molecule has 2 rings (SSSR count). The van der Waals surface area contributed by atoms with Gasteiger partial charge in [0.2, 0.25) is 0 Å². The van der Waals surface area contributed by atoms with E-state index in [0.29, 0.717) is 5.56 Å². The lowest BCUT2D eigenvalue weighted by Gasteiger charge is -2.26. The summed E-state index contributed by atoms with van der Waals surface area (Å²) in [5.41, 5.74) is -0.881. The van der Waals surface area contributed by atoms with Gasteiger partial charge in [-0.05, 0) is 19.3 Å². The molecule has 0 saturated carbocycles. The monoisotopic (exact) mass is 340 g/mol. The maximum absolute atomic E-state index is 12.0. The smallest absolute Gasteiger partial charge is 0.325 e. The van der Waals surface area contributed by atoms with E-state index in [1.807, 2.05) is 0 Å². The second kappa shape index (κ2) is 7.28. The zero-order valence-corrected chi connectivity index (χ0v) is 13.2. The van der Waals surface area contributed by atoms with Gasteiger partial charge in [-0.2, -0.15) is 5.06 Å². The van der Waals surface area contributed by atoms with Gasteiger partial charge in [-0.1, -0.05) is 0 Å². The molecule has 0 amide bonds. The number of nitrogens with one attached hydrogen (secondary N) is 5. The van der Waals surface area contributed by atoms with E-state index >= 15 is 0 Å². The van der Waals surface area contributed by atoms with Crippen molar-refractivity contribution in [1.29, 1.82) is 0 Å². The Bertz CT molecular complexity index is 897. The van der Waals surface area contributed by atoms with Gasteiger partial charge in [0, 0.05) is 19.4 Å². The second-order valence-electron chi connectivity index (χ2n) is 4.64. The average Bonchev–Trinajstić information content (AvgIpc) is 2.49. The van der Waals surface area contributed by atoms with Gasteiger partial charge in [0.05, 0.1) is 11.1 Å². The van der Waals surface area contributed by atoms with Crippen LogP contribution in [-0.2, 0) is 11.4 Å². The third kappa shape index (κ3) is 4.10. The van der Waals surface area contributed by atoms with Crippen molar-refractivity contribution in [3.8, 4) is 0 Å². The molecule has 10 nitrogen and oxygen atoms in total. The summed E-state index contributed by atoms with van der Waals surface area (Å²) < 4.78 is 0.219. The van der Waals surface area contributed by atoms with Crippen LogP contribution in [-0.4, -0.2) is 39.1 Å². The largest absolute Gasteiger partial charge is 0.338 e. The van der Waals surface area contributed by atoms with E-state index in [0.717, 1.165) is 0 Å². The fourth-order valence-electron chi connectivity index (χ4n) is 1.95. The molecule has 1 atom stereocenters. The third-order valence-electron chi connectivity index (χ3n) is 3.10. The lowest BCUT2D eigenvalue weighted by Crippen LogP contribution is -2.38. The molecule has 124 valence electrons. The number of H-pyrrole nitrogens is 4. The van der Waals surface area contributed by atoms with Crippen molar-refractivity contribution in [1.82, 2.24) is 30.3 Å². The SMILES string of the molecule is CNC(c1c[nH]c(=S)[nH]c1=O)N(C)OCc1c[nH]c(=O)[nH]c1=O. The molecule has 0 aliphatic rings. The Labute approximate surface area is 134 Å². The van der Waals surface area contributed by atoms with Crippen molar-refractivity contribution in [2.24, 2.45) is 0 Å². The van der Waals surface area contributed by atoms with Gasteiger partial charge < -0.3 is 9.97 Å². The molecule has 5 N–H and O–H groups in total. The highest BCUT2D eigenvalue weighted by atomic mass is 32.1. The van der Waals surface area contributed by atoms with Crippen LogP contribution >= 0.6 is 12.2 Å². The average molecular weight is 340 g/mol. The number of hydrogen-bond donors (Lipinski definition) is 5. The molecule has 0 aliphatic carbocycles. The minimum atomic E-state index is -0.591.